The number of hydrogen-bond acceptors (Lipinski definition) is 5. The summed E-state index contributed by atoms with van der Waals surface area (Å²) in [5.41, 5.74) is 0.456. The van der Waals surface area contributed by atoms with Crippen LogP contribution in [0.2, 0.25) is 0 Å². The van der Waals surface area contributed by atoms with Gasteiger partial charge in [0, 0.05) is 32.4 Å². The zero-order valence-electron chi connectivity index (χ0n) is 13.7. The molecule has 7 heteroatoms. The molecular formula is C17H22N4O3. The van der Waals surface area contributed by atoms with Gasteiger partial charge in [0.05, 0.1) is 19.8 Å². The first kappa shape index (κ1) is 16.5. The normalized spacial score (nSPS) is 19.0. The van der Waals surface area contributed by atoms with E-state index < -0.39 is 0 Å². The minimum absolute atomic E-state index is 0.120. The quantitative estimate of drug-likeness (QED) is 0.839. The molecule has 2 fully saturated rings. The number of amides is 2. The summed E-state index contributed by atoms with van der Waals surface area (Å²) in [5.74, 6) is 0.777. The van der Waals surface area contributed by atoms with Crippen molar-refractivity contribution in [1.82, 2.24) is 14.8 Å². The van der Waals surface area contributed by atoms with Gasteiger partial charge in [-0.1, -0.05) is 0 Å². The van der Waals surface area contributed by atoms with Crippen molar-refractivity contribution in [3.63, 3.8) is 0 Å². The summed E-state index contributed by atoms with van der Waals surface area (Å²) in [6.07, 6.45) is 3.44. The lowest BCUT2D eigenvalue weighted by Gasteiger charge is -2.37. The van der Waals surface area contributed by atoms with Gasteiger partial charge in [-0.3, -0.25) is 0 Å². The fourth-order valence-electron chi connectivity index (χ4n) is 3.03. The zero-order valence-corrected chi connectivity index (χ0v) is 13.7. The van der Waals surface area contributed by atoms with Crippen molar-refractivity contribution in [3.05, 3.63) is 23.9 Å². The van der Waals surface area contributed by atoms with Gasteiger partial charge in [-0.05, 0) is 30.9 Å². The smallest absolute Gasteiger partial charge is 0.320 e. The SMILES string of the molecule is N#Cc1cccnc1OCC1CCN(C(=O)N2CCOCC2)CC1. The van der Waals surface area contributed by atoms with E-state index in [0.717, 1.165) is 25.9 Å². The third-order valence-corrected chi connectivity index (χ3v) is 4.51. The Morgan fingerprint density at radius 2 is 2.00 bits per heavy atom. The van der Waals surface area contributed by atoms with Crippen LogP contribution in [0, 0.1) is 17.2 Å². The highest BCUT2D eigenvalue weighted by Crippen LogP contribution is 2.21. The van der Waals surface area contributed by atoms with Crippen molar-refractivity contribution in [1.29, 1.82) is 5.26 Å². The van der Waals surface area contributed by atoms with Gasteiger partial charge in [0.1, 0.15) is 11.6 Å². The highest BCUT2D eigenvalue weighted by Gasteiger charge is 2.27. The van der Waals surface area contributed by atoms with E-state index in [0.29, 0.717) is 50.3 Å². The molecule has 24 heavy (non-hydrogen) atoms. The van der Waals surface area contributed by atoms with E-state index >= 15 is 0 Å². The summed E-state index contributed by atoms with van der Waals surface area (Å²) < 4.78 is 11.0. The van der Waals surface area contributed by atoms with Crippen LogP contribution >= 0.6 is 0 Å². The minimum atomic E-state index is 0.120. The number of rotatable bonds is 3. The lowest BCUT2D eigenvalue weighted by atomic mass is 9.98. The molecule has 2 saturated heterocycles. The maximum Gasteiger partial charge on any atom is 0.320 e. The summed E-state index contributed by atoms with van der Waals surface area (Å²) in [6.45, 7) is 4.64. The van der Waals surface area contributed by atoms with Gasteiger partial charge in [-0.2, -0.15) is 5.26 Å². The number of nitrogens with zero attached hydrogens (tertiary/aromatic N) is 4. The van der Waals surface area contributed by atoms with Crippen LogP contribution < -0.4 is 4.74 Å². The molecule has 7 nitrogen and oxygen atoms in total. The van der Waals surface area contributed by atoms with Crippen LogP contribution in [-0.4, -0.2) is 66.8 Å². The Balaban J connectivity index is 1.45. The van der Waals surface area contributed by atoms with Gasteiger partial charge >= 0.3 is 6.03 Å². The maximum atomic E-state index is 12.4. The van der Waals surface area contributed by atoms with E-state index in [4.69, 9.17) is 14.7 Å². The summed E-state index contributed by atoms with van der Waals surface area (Å²) >= 11 is 0. The van der Waals surface area contributed by atoms with Crippen LogP contribution in [0.3, 0.4) is 0 Å². The maximum absolute atomic E-state index is 12.4. The predicted molar refractivity (Wildman–Crippen MR) is 86.5 cm³/mol. The van der Waals surface area contributed by atoms with E-state index in [1.165, 1.54) is 0 Å². The molecule has 0 unspecified atom stereocenters. The number of piperidine rings is 1. The average Bonchev–Trinajstić information content (AvgIpc) is 2.67. The third kappa shape index (κ3) is 3.95. The predicted octanol–water partition coefficient (Wildman–Crippen LogP) is 1.50. The van der Waals surface area contributed by atoms with Gasteiger partial charge in [0.15, 0.2) is 0 Å². The first-order valence-electron chi connectivity index (χ1n) is 8.37. The third-order valence-electron chi connectivity index (χ3n) is 4.51. The van der Waals surface area contributed by atoms with Gasteiger partial charge in [-0.15, -0.1) is 0 Å². The highest BCUT2D eigenvalue weighted by atomic mass is 16.5. The zero-order chi connectivity index (χ0) is 16.8. The number of pyridine rings is 1. The van der Waals surface area contributed by atoms with E-state index in [9.17, 15) is 4.79 Å². The van der Waals surface area contributed by atoms with Crippen molar-refractivity contribution < 1.29 is 14.3 Å². The van der Waals surface area contributed by atoms with Crippen LogP contribution in [-0.2, 0) is 4.74 Å². The molecule has 1 aromatic rings. The fourth-order valence-corrected chi connectivity index (χ4v) is 3.03. The molecule has 2 aliphatic heterocycles. The summed E-state index contributed by atoms with van der Waals surface area (Å²) in [5, 5.41) is 9.05. The van der Waals surface area contributed by atoms with Gasteiger partial charge in [0.25, 0.3) is 0 Å². The number of likely N-dealkylation sites (tertiary alicyclic amines) is 1. The Morgan fingerprint density at radius 3 is 2.71 bits per heavy atom. The summed E-state index contributed by atoms with van der Waals surface area (Å²) in [6, 6.07) is 5.63. The topological polar surface area (TPSA) is 78.7 Å². The van der Waals surface area contributed by atoms with E-state index in [2.05, 4.69) is 11.1 Å². The molecule has 0 aliphatic carbocycles. The molecule has 0 N–H and O–H groups in total. The monoisotopic (exact) mass is 330 g/mol. The Labute approximate surface area is 141 Å². The molecule has 0 saturated carbocycles. The lowest BCUT2D eigenvalue weighted by Crippen LogP contribution is -2.50. The molecule has 0 aromatic carbocycles. The number of nitriles is 1. The van der Waals surface area contributed by atoms with Gasteiger partial charge in [-0.25, -0.2) is 9.78 Å². The molecule has 0 radical (unpaired) electrons. The number of ether oxygens (including phenoxy) is 2. The Morgan fingerprint density at radius 1 is 1.29 bits per heavy atom. The van der Waals surface area contributed by atoms with Crippen molar-refractivity contribution in [2.75, 3.05) is 46.0 Å². The van der Waals surface area contributed by atoms with Crippen molar-refractivity contribution in [3.8, 4) is 11.9 Å². The molecule has 0 bridgehead atoms. The first-order valence-corrected chi connectivity index (χ1v) is 8.37. The minimum Gasteiger partial charge on any atom is -0.476 e. The molecule has 3 rings (SSSR count). The Bertz CT molecular complexity index is 602. The van der Waals surface area contributed by atoms with E-state index in [1.807, 2.05) is 9.80 Å². The number of hydrogen-bond donors (Lipinski definition) is 0. The van der Waals surface area contributed by atoms with Crippen LogP contribution in [0.1, 0.15) is 18.4 Å². The second-order valence-corrected chi connectivity index (χ2v) is 6.09. The Kier molecular flexibility index (Phi) is 5.49. The van der Waals surface area contributed by atoms with Crippen LogP contribution in [0.4, 0.5) is 4.79 Å². The molecule has 0 atom stereocenters. The van der Waals surface area contributed by atoms with E-state index in [1.54, 1.807) is 18.3 Å². The van der Waals surface area contributed by atoms with E-state index in [-0.39, 0.29) is 6.03 Å². The lowest BCUT2D eigenvalue weighted by molar-refractivity contribution is 0.0388. The molecule has 3 heterocycles. The van der Waals surface area contributed by atoms with Crippen molar-refractivity contribution in [2.45, 2.75) is 12.8 Å². The average molecular weight is 330 g/mol. The van der Waals surface area contributed by atoms with Crippen molar-refractivity contribution >= 4 is 6.03 Å². The number of urea groups is 1. The molecule has 2 amide bonds. The second kappa shape index (κ2) is 7.97. The molecular weight excluding hydrogens is 308 g/mol. The summed E-state index contributed by atoms with van der Waals surface area (Å²) in [4.78, 5) is 20.3. The van der Waals surface area contributed by atoms with Gasteiger partial charge in [0.2, 0.25) is 5.88 Å². The number of morpholine rings is 1. The molecule has 128 valence electrons. The number of aromatic nitrogens is 1. The van der Waals surface area contributed by atoms with Gasteiger partial charge < -0.3 is 19.3 Å². The largest absolute Gasteiger partial charge is 0.476 e. The molecule has 1 aromatic heterocycles. The Hall–Kier alpha value is -2.33. The van der Waals surface area contributed by atoms with Crippen molar-refractivity contribution in [2.24, 2.45) is 5.92 Å². The molecule has 2 aliphatic rings. The number of carbonyl (C=O) groups excluding carboxylic acids is 1. The summed E-state index contributed by atoms with van der Waals surface area (Å²) in [7, 11) is 0. The second-order valence-electron chi connectivity index (χ2n) is 6.09. The van der Waals surface area contributed by atoms with Crippen LogP contribution in [0.5, 0.6) is 5.88 Å². The number of carbonyl (C=O) groups is 1. The highest BCUT2D eigenvalue weighted by molar-refractivity contribution is 5.74. The first-order chi connectivity index (χ1) is 11.8. The standard InChI is InChI=1S/C17H22N4O3/c18-12-15-2-1-5-19-16(15)24-13-14-3-6-20(7-4-14)17(22)21-8-10-23-11-9-21/h1-2,5,14H,3-4,6-11,13H2. The van der Waals surface area contributed by atoms with Crippen LogP contribution in [0.25, 0.3) is 0 Å². The van der Waals surface area contributed by atoms with Crippen LogP contribution in [0.15, 0.2) is 18.3 Å². The molecule has 0 spiro atoms. The fraction of sp³-hybridized carbons (Fsp3) is 0.588.